The number of anilines is 2. The number of nitrogens with one attached hydrogen (secondary N) is 1. The Hall–Kier alpha value is -4.14. The standard InChI is InChI=1S/C23H22FN5O3/c1-28(2)17-9-7-16(8-10-17)25-21(30)14-29-12-4-5-19(29)23-26-22(27-32-23)15-6-11-20(31-3)18(24)13-15/h4-13H,14H2,1-3H3,(H,25,30). The summed E-state index contributed by atoms with van der Waals surface area (Å²) in [5, 5.41) is 6.81. The number of halogens is 1. The van der Waals surface area contributed by atoms with Gasteiger partial charge in [0.25, 0.3) is 5.89 Å². The van der Waals surface area contributed by atoms with E-state index in [1.54, 1.807) is 29.0 Å². The summed E-state index contributed by atoms with van der Waals surface area (Å²) in [4.78, 5) is 18.9. The van der Waals surface area contributed by atoms with Crippen molar-refractivity contribution in [2.24, 2.45) is 0 Å². The number of ether oxygens (including phenoxy) is 1. The predicted octanol–water partition coefficient (Wildman–Crippen LogP) is 4.06. The zero-order chi connectivity index (χ0) is 22.7. The van der Waals surface area contributed by atoms with Crippen LogP contribution in [0.3, 0.4) is 0 Å². The first-order valence-electron chi connectivity index (χ1n) is 9.85. The SMILES string of the molecule is COc1ccc(-c2noc(-c3cccn3CC(=O)Nc3ccc(N(C)C)cc3)n2)cc1F. The van der Waals surface area contributed by atoms with Crippen molar-refractivity contribution in [2.75, 3.05) is 31.4 Å². The Labute approximate surface area is 184 Å². The fraction of sp³-hybridized carbons (Fsp3) is 0.174. The quantitative estimate of drug-likeness (QED) is 0.471. The smallest absolute Gasteiger partial charge is 0.274 e. The Kier molecular flexibility index (Phi) is 5.89. The topological polar surface area (TPSA) is 85.4 Å². The number of rotatable bonds is 7. The molecule has 164 valence electrons. The molecule has 0 bridgehead atoms. The highest BCUT2D eigenvalue weighted by molar-refractivity contribution is 5.91. The molecule has 1 amide bonds. The molecule has 0 atom stereocenters. The molecule has 0 radical (unpaired) electrons. The van der Waals surface area contributed by atoms with Crippen molar-refractivity contribution in [2.45, 2.75) is 6.54 Å². The van der Waals surface area contributed by atoms with Crippen LogP contribution in [0.5, 0.6) is 5.75 Å². The van der Waals surface area contributed by atoms with Gasteiger partial charge in [0, 0.05) is 37.2 Å². The lowest BCUT2D eigenvalue weighted by atomic mass is 10.2. The molecule has 0 unspecified atom stereocenters. The van der Waals surface area contributed by atoms with Crippen LogP contribution >= 0.6 is 0 Å². The maximum absolute atomic E-state index is 14.0. The number of benzene rings is 2. The van der Waals surface area contributed by atoms with Crippen LogP contribution in [-0.4, -0.2) is 41.8 Å². The average Bonchev–Trinajstić information content (AvgIpc) is 3.43. The molecule has 32 heavy (non-hydrogen) atoms. The third-order valence-corrected chi connectivity index (χ3v) is 4.87. The highest BCUT2D eigenvalue weighted by atomic mass is 19.1. The van der Waals surface area contributed by atoms with Gasteiger partial charge >= 0.3 is 0 Å². The van der Waals surface area contributed by atoms with Crippen LogP contribution in [-0.2, 0) is 11.3 Å². The highest BCUT2D eigenvalue weighted by Gasteiger charge is 2.17. The molecular formula is C23H22FN5O3. The van der Waals surface area contributed by atoms with E-state index in [1.165, 1.54) is 19.2 Å². The molecule has 2 heterocycles. The van der Waals surface area contributed by atoms with Crippen molar-refractivity contribution in [3.8, 4) is 28.7 Å². The minimum Gasteiger partial charge on any atom is -0.494 e. The van der Waals surface area contributed by atoms with E-state index in [0.717, 1.165) is 5.69 Å². The summed E-state index contributed by atoms with van der Waals surface area (Å²) < 4.78 is 26.0. The van der Waals surface area contributed by atoms with Gasteiger partial charge in [-0.05, 0) is 54.6 Å². The molecule has 0 fully saturated rings. The minimum absolute atomic E-state index is 0.0621. The van der Waals surface area contributed by atoms with E-state index >= 15 is 0 Å². The monoisotopic (exact) mass is 435 g/mol. The van der Waals surface area contributed by atoms with Crippen LogP contribution < -0.4 is 15.0 Å². The van der Waals surface area contributed by atoms with Crippen LogP contribution in [0.15, 0.2) is 65.3 Å². The van der Waals surface area contributed by atoms with Crippen LogP contribution in [0.1, 0.15) is 0 Å². The van der Waals surface area contributed by atoms with Crippen LogP contribution in [0.2, 0.25) is 0 Å². The Bertz CT molecular complexity index is 1230. The second kappa shape index (κ2) is 8.93. The van der Waals surface area contributed by atoms with Crippen molar-refractivity contribution < 1.29 is 18.4 Å². The van der Waals surface area contributed by atoms with Crippen LogP contribution in [0.4, 0.5) is 15.8 Å². The van der Waals surface area contributed by atoms with Gasteiger partial charge in [0.2, 0.25) is 11.7 Å². The Morgan fingerprint density at radius 1 is 1.19 bits per heavy atom. The molecule has 9 heteroatoms. The van der Waals surface area contributed by atoms with E-state index in [4.69, 9.17) is 9.26 Å². The van der Waals surface area contributed by atoms with E-state index in [9.17, 15) is 9.18 Å². The zero-order valence-corrected chi connectivity index (χ0v) is 17.9. The molecule has 1 N–H and O–H groups in total. The number of methoxy groups -OCH3 is 1. The van der Waals surface area contributed by atoms with E-state index in [2.05, 4.69) is 15.5 Å². The largest absolute Gasteiger partial charge is 0.494 e. The molecule has 0 saturated carbocycles. The molecule has 0 aliphatic carbocycles. The van der Waals surface area contributed by atoms with Crippen molar-refractivity contribution in [1.29, 1.82) is 0 Å². The summed E-state index contributed by atoms with van der Waals surface area (Å²) in [6.45, 7) is 0.0621. The predicted molar refractivity (Wildman–Crippen MR) is 119 cm³/mol. The lowest BCUT2D eigenvalue weighted by molar-refractivity contribution is -0.116. The summed E-state index contributed by atoms with van der Waals surface area (Å²) in [5.41, 5.74) is 2.78. The molecule has 4 rings (SSSR count). The van der Waals surface area contributed by atoms with E-state index in [-0.39, 0.29) is 29.9 Å². The van der Waals surface area contributed by atoms with Gasteiger partial charge in [-0.2, -0.15) is 4.98 Å². The lowest BCUT2D eigenvalue weighted by Crippen LogP contribution is -2.19. The fourth-order valence-corrected chi connectivity index (χ4v) is 3.19. The van der Waals surface area contributed by atoms with E-state index in [0.29, 0.717) is 16.9 Å². The van der Waals surface area contributed by atoms with Crippen molar-refractivity contribution in [1.82, 2.24) is 14.7 Å². The summed E-state index contributed by atoms with van der Waals surface area (Å²) in [6.07, 6.45) is 1.75. The van der Waals surface area contributed by atoms with E-state index < -0.39 is 5.82 Å². The molecule has 0 spiro atoms. The Balaban J connectivity index is 1.48. The first kappa shape index (κ1) is 21.1. The lowest BCUT2D eigenvalue weighted by Gasteiger charge is -2.13. The van der Waals surface area contributed by atoms with Crippen molar-refractivity contribution in [3.63, 3.8) is 0 Å². The number of hydrogen-bond donors (Lipinski definition) is 1. The molecule has 0 saturated heterocycles. The average molecular weight is 435 g/mol. The molecule has 0 aliphatic heterocycles. The van der Waals surface area contributed by atoms with Crippen LogP contribution in [0, 0.1) is 5.82 Å². The second-order valence-electron chi connectivity index (χ2n) is 7.28. The summed E-state index contributed by atoms with van der Waals surface area (Å²) in [5.74, 6) is -0.121. The molecule has 0 aliphatic rings. The molecule has 2 aromatic carbocycles. The number of amides is 1. The molecule has 8 nitrogen and oxygen atoms in total. The Morgan fingerprint density at radius 3 is 2.66 bits per heavy atom. The van der Waals surface area contributed by atoms with Gasteiger partial charge < -0.3 is 24.0 Å². The van der Waals surface area contributed by atoms with Gasteiger partial charge in [0.15, 0.2) is 11.6 Å². The van der Waals surface area contributed by atoms with Gasteiger partial charge in [-0.3, -0.25) is 4.79 Å². The second-order valence-corrected chi connectivity index (χ2v) is 7.28. The number of hydrogen-bond acceptors (Lipinski definition) is 6. The normalized spacial score (nSPS) is 10.8. The summed E-state index contributed by atoms with van der Waals surface area (Å²) in [7, 11) is 5.30. The maximum Gasteiger partial charge on any atom is 0.274 e. The first-order chi connectivity index (χ1) is 15.4. The van der Waals surface area contributed by atoms with Gasteiger partial charge in [-0.15, -0.1) is 0 Å². The number of carbonyl (C=O) groups excluding carboxylic acids is 1. The zero-order valence-electron chi connectivity index (χ0n) is 17.9. The first-order valence-corrected chi connectivity index (χ1v) is 9.85. The third kappa shape index (κ3) is 4.46. The van der Waals surface area contributed by atoms with Crippen LogP contribution in [0.25, 0.3) is 23.0 Å². The minimum atomic E-state index is -0.519. The summed E-state index contributed by atoms with van der Waals surface area (Å²) >= 11 is 0. The highest BCUT2D eigenvalue weighted by Crippen LogP contribution is 2.26. The van der Waals surface area contributed by atoms with E-state index in [1.807, 2.05) is 43.3 Å². The van der Waals surface area contributed by atoms with Gasteiger partial charge in [0.1, 0.15) is 12.2 Å². The molecule has 4 aromatic rings. The Morgan fingerprint density at radius 2 is 1.97 bits per heavy atom. The van der Waals surface area contributed by atoms with Gasteiger partial charge in [0.05, 0.1) is 7.11 Å². The van der Waals surface area contributed by atoms with Gasteiger partial charge in [-0.1, -0.05) is 5.16 Å². The van der Waals surface area contributed by atoms with Crippen molar-refractivity contribution in [3.05, 3.63) is 66.6 Å². The third-order valence-electron chi connectivity index (χ3n) is 4.87. The van der Waals surface area contributed by atoms with Gasteiger partial charge in [-0.25, -0.2) is 4.39 Å². The maximum atomic E-state index is 14.0. The number of nitrogens with zero attached hydrogens (tertiary/aromatic N) is 4. The summed E-state index contributed by atoms with van der Waals surface area (Å²) in [6, 6.07) is 15.5. The molecule has 2 aromatic heterocycles. The number of aromatic nitrogens is 3. The fourth-order valence-electron chi connectivity index (χ4n) is 3.19. The number of carbonyl (C=O) groups is 1. The van der Waals surface area contributed by atoms with Crippen molar-refractivity contribution >= 4 is 17.3 Å². The molecular weight excluding hydrogens is 413 g/mol.